The van der Waals surface area contributed by atoms with Gasteiger partial charge >= 0.3 is 0 Å². The first kappa shape index (κ1) is 19.1. The van der Waals surface area contributed by atoms with Crippen molar-refractivity contribution < 1.29 is 12.8 Å². The Morgan fingerprint density at radius 2 is 1.92 bits per heavy atom. The molecule has 8 heteroatoms. The lowest BCUT2D eigenvalue weighted by molar-refractivity contribution is 0.220. The molecule has 1 N–H and O–H groups in total. The van der Waals surface area contributed by atoms with Crippen molar-refractivity contribution in [3.63, 3.8) is 0 Å². The van der Waals surface area contributed by atoms with Crippen LogP contribution in [-0.2, 0) is 16.4 Å². The molecule has 4 nitrogen and oxygen atoms in total. The van der Waals surface area contributed by atoms with Gasteiger partial charge in [0.15, 0.2) is 0 Å². The number of hydrogen-bond acceptors (Lipinski definition) is 3. The van der Waals surface area contributed by atoms with Crippen LogP contribution in [0.4, 0.5) is 4.39 Å². The molecule has 1 fully saturated rings. The molecule has 1 aliphatic rings. The molecule has 0 bridgehead atoms. The van der Waals surface area contributed by atoms with Crippen LogP contribution in [0.25, 0.3) is 0 Å². The van der Waals surface area contributed by atoms with Crippen molar-refractivity contribution >= 4 is 33.2 Å². The molecular formula is C18H15Cl2FN2O2S. The molecule has 0 atom stereocenters. The maximum Gasteiger partial charge on any atom is 0.242 e. The van der Waals surface area contributed by atoms with Gasteiger partial charge in [-0.3, -0.25) is 0 Å². The van der Waals surface area contributed by atoms with Crippen LogP contribution in [0.15, 0.2) is 41.3 Å². The standard InChI is InChI=1S/C18H15Cl2FN2O2S/c19-14-4-2-12(16(20)8-14)10-18(6-1-7-18)23-26(24,25)17-9-15(21)5-3-13(17)11-22/h2-5,8-9,23H,1,6-7,10H2. The molecule has 1 saturated carbocycles. The first-order valence-electron chi connectivity index (χ1n) is 7.92. The second kappa shape index (κ2) is 7.16. The van der Waals surface area contributed by atoms with E-state index in [0.717, 1.165) is 30.2 Å². The SMILES string of the molecule is N#Cc1ccc(F)cc1S(=O)(=O)NC1(Cc2ccc(Cl)cc2Cl)CCC1. The van der Waals surface area contributed by atoms with E-state index in [2.05, 4.69) is 4.72 Å². The van der Waals surface area contributed by atoms with Crippen molar-refractivity contribution in [2.24, 2.45) is 0 Å². The lowest BCUT2D eigenvalue weighted by Gasteiger charge is -2.42. The molecule has 2 aromatic rings. The molecule has 0 heterocycles. The minimum atomic E-state index is -4.07. The fraction of sp³-hybridized carbons (Fsp3) is 0.278. The summed E-state index contributed by atoms with van der Waals surface area (Å²) in [6, 6.07) is 9.95. The van der Waals surface area contributed by atoms with Crippen molar-refractivity contribution in [2.45, 2.75) is 36.1 Å². The molecule has 0 spiro atoms. The number of nitrogens with one attached hydrogen (secondary N) is 1. The van der Waals surface area contributed by atoms with E-state index in [1.807, 2.05) is 0 Å². The molecule has 0 saturated heterocycles. The van der Waals surface area contributed by atoms with E-state index in [4.69, 9.17) is 28.5 Å². The minimum Gasteiger partial charge on any atom is -0.207 e. The van der Waals surface area contributed by atoms with Gasteiger partial charge in [0.05, 0.1) is 5.56 Å². The number of nitrogens with zero attached hydrogens (tertiary/aromatic N) is 1. The summed E-state index contributed by atoms with van der Waals surface area (Å²) in [5.41, 5.74) is -0.0360. The summed E-state index contributed by atoms with van der Waals surface area (Å²) in [4.78, 5) is -0.353. The highest BCUT2D eigenvalue weighted by Crippen LogP contribution is 2.38. The maximum atomic E-state index is 13.5. The molecule has 3 rings (SSSR count). The molecule has 0 unspecified atom stereocenters. The third-order valence-corrected chi connectivity index (χ3v) is 6.76. The van der Waals surface area contributed by atoms with Gasteiger partial charge in [0.25, 0.3) is 0 Å². The Hall–Kier alpha value is -1.65. The maximum absolute atomic E-state index is 13.5. The van der Waals surface area contributed by atoms with Gasteiger partial charge < -0.3 is 0 Å². The Morgan fingerprint density at radius 3 is 2.50 bits per heavy atom. The van der Waals surface area contributed by atoms with E-state index in [-0.39, 0.29) is 10.5 Å². The summed E-state index contributed by atoms with van der Waals surface area (Å²) in [6.45, 7) is 0. The van der Waals surface area contributed by atoms with Crippen molar-refractivity contribution in [3.8, 4) is 6.07 Å². The number of benzene rings is 2. The van der Waals surface area contributed by atoms with E-state index in [1.165, 1.54) is 0 Å². The molecule has 0 aliphatic heterocycles. The minimum absolute atomic E-state index is 0.0992. The third-order valence-electron chi connectivity index (χ3n) is 4.56. The molecule has 2 aromatic carbocycles. The molecular weight excluding hydrogens is 398 g/mol. The first-order valence-corrected chi connectivity index (χ1v) is 10.2. The normalized spacial score (nSPS) is 15.9. The average molecular weight is 413 g/mol. The number of hydrogen-bond donors (Lipinski definition) is 1. The van der Waals surface area contributed by atoms with Crippen LogP contribution < -0.4 is 4.72 Å². The third kappa shape index (κ3) is 3.86. The average Bonchev–Trinajstić information content (AvgIpc) is 2.55. The van der Waals surface area contributed by atoms with Gasteiger partial charge in [-0.2, -0.15) is 5.26 Å². The van der Waals surface area contributed by atoms with Gasteiger partial charge in [-0.15, -0.1) is 0 Å². The van der Waals surface area contributed by atoms with Gasteiger partial charge in [-0.25, -0.2) is 17.5 Å². The van der Waals surface area contributed by atoms with E-state index in [9.17, 15) is 12.8 Å². The van der Waals surface area contributed by atoms with Gasteiger partial charge in [0.1, 0.15) is 16.8 Å². The molecule has 1 aliphatic carbocycles. The molecule has 26 heavy (non-hydrogen) atoms. The summed E-state index contributed by atoms with van der Waals surface area (Å²) in [5, 5.41) is 10.1. The zero-order chi connectivity index (χ0) is 18.9. The Bertz CT molecular complexity index is 999. The van der Waals surface area contributed by atoms with Gasteiger partial charge in [0.2, 0.25) is 10.0 Å². The Balaban J connectivity index is 1.92. The predicted molar refractivity (Wildman–Crippen MR) is 98.2 cm³/mol. The van der Waals surface area contributed by atoms with E-state index < -0.39 is 21.4 Å². The topological polar surface area (TPSA) is 70.0 Å². The quantitative estimate of drug-likeness (QED) is 0.788. The summed E-state index contributed by atoms with van der Waals surface area (Å²) in [5.74, 6) is -0.715. The van der Waals surface area contributed by atoms with Crippen molar-refractivity contribution in [1.29, 1.82) is 5.26 Å². The molecule has 0 amide bonds. The lowest BCUT2D eigenvalue weighted by Crippen LogP contribution is -2.55. The smallest absolute Gasteiger partial charge is 0.207 e. The fourth-order valence-corrected chi connectivity index (χ4v) is 5.20. The summed E-state index contributed by atoms with van der Waals surface area (Å²) in [7, 11) is -4.07. The zero-order valence-corrected chi connectivity index (χ0v) is 15.9. The summed E-state index contributed by atoms with van der Waals surface area (Å²) >= 11 is 12.1. The lowest BCUT2D eigenvalue weighted by atomic mass is 9.74. The fourth-order valence-electron chi connectivity index (χ4n) is 3.10. The Morgan fingerprint density at radius 1 is 1.19 bits per heavy atom. The van der Waals surface area contributed by atoms with Crippen LogP contribution in [0.5, 0.6) is 0 Å². The van der Waals surface area contributed by atoms with Gasteiger partial charge in [0, 0.05) is 15.6 Å². The van der Waals surface area contributed by atoms with Crippen molar-refractivity contribution in [2.75, 3.05) is 0 Å². The molecule has 0 aromatic heterocycles. The van der Waals surface area contributed by atoms with E-state index in [0.29, 0.717) is 29.3 Å². The zero-order valence-electron chi connectivity index (χ0n) is 13.6. The number of halogens is 3. The largest absolute Gasteiger partial charge is 0.242 e. The van der Waals surface area contributed by atoms with Crippen LogP contribution in [0.2, 0.25) is 10.0 Å². The number of sulfonamides is 1. The molecule has 0 radical (unpaired) electrons. The van der Waals surface area contributed by atoms with E-state index >= 15 is 0 Å². The van der Waals surface area contributed by atoms with Crippen LogP contribution >= 0.6 is 23.2 Å². The summed E-state index contributed by atoms with van der Waals surface area (Å²) < 4.78 is 41.9. The van der Waals surface area contributed by atoms with Crippen LogP contribution in [-0.4, -0.2) is 14.0 Å². The molecule has 136 valence electrons. The second-order valence-corrected chi connectivity index (χ2v) is 8.90. The van der Waals surface area contributed by atoms with E-state index in [1.54, 1.807) is 24.3 Å². The highest BCUT2D eigenvalue weighted by molar-refractivity contribution is 7.89. The number of nitriles is 1. The van der Waals surface area contributed by atoms with Crippen LogP contribution in [0.3, 0.4) is 0 Å². The first-order chi connectivity index (χ1) is 12.2. The Kier molecular flexibility index (Phi) is 5.27. The monoisotopic (exact) mass is 412 g/mol. The van der Waals surface area contributed by atoms with Gasteiger partial charge in [-0.1, -0.05) is 29.3 Å². The number of rotatable bonds is 5. The van der Waals surface area contributed by atoms with Gasteiger partial charge in [-0.05, 0) is 61.6 Å². The predicted octanol–water partition coefficient (Wildman–Crippen LogP) is 4.45. The Labute approximate surface area is 161 Å². The second-order valence-electron chi connectivity index (χ2n) is 6.40. The van der Waals surface area contributed by atoms with Crippen LogP contribution in [0, 0.1) is 17.1 Å². The van der Waals surface area contributed by atoms with Crippen molar-refractivity contribution in [1.82, 2.24) is 4.72 Å². The highest BCUT2D eigenvalue weighted by atomic mass is 35.5. The van der Waals surface area contributed by atoms with Crippen molar-refractivity contribution in [3.05, 3.63) is 63.4 Å². The van der Waals surface area contributed by atoms with Crippen LogP contribution in [0.1, 0.15) is 30.4 Å². The summed E-state index contributed by atoms with van der Waals surface area (Å²) in [6.07, 6.45) is 2.51. The highest BCUT2D eigenvalue weighted by Gasteiger charge is 2.41.